The minimum Gasteiger partial charge on any atom is -0.408 e. The molecule has 1 aromatic heterocycles. The largest absolute Gasteiger partial charge is 0.419 e. The van der Waals surface area contributed by atoms with E-state index in [0.717, 1.165) is 51.0 Å². The Morgan fingerprint density at radius 2 is 1.76 bits per heavy atom. The summed E-state index contributed by atoms with van der Waals surface area (Å²) in [6.07, 6.45) is 4.70. The number of unbranched alkanes of at least 4 members (excludes halogenated alkanes) is 1. The maximum absolute atomic E-state index is 12.1. The minimum atomic E-state index is -0.253. The van der Waals surface area contributed by atoms with Crippen molar-refractivity contribution in [3.05, 3.63) is 70.2 Å². The maximum atomic E-state index is 12.1. The molecule has 2 atom stereocenters. The van der Waals surface area contributed by atoms with E-state index in [1.165, 1.54) is 17.5 Å². The van der Waals surface area contributed by atoms with E-state index in [9.17, 15) is 4.79 Å². The average molecular weight is 392 g/mol. The van der Waals surface area contributed by atoms with E-state index in [4.69, 9.17) is 9.15 Å². The van der Waals surface area contributed by atoms with Gasteiger partial charge in [0.05, 0.1) is 18.2 Å². The van der Waals surface area contributed by atoms with Gasteiger partial charge in [-0.2, -0.15) is 0 Å². The van der Waals surface area contributed by atoms with E-state index in [0.29, 0.717) is 24.1 Å². The van der Waals surface area contributed by atoms with Gasteiger partial charge in [0.1, 0.15) is 0 Å². The third-order valence-electron chi connectivity index (χ3n) is 6.43. The van der Waals surface area contributed by atoms with Crippen LogP contribution in [0.25, 0.3) is 11.1 Å². The molecule has 0 saturated carbocycles. The zero-order chi connectivity index (χ0) is 19.6. The van der Waals surface area contributed by atoms with Crippen molar-refractivity contribution in [3.8, 4) is 0 Å². The van der Waals surface area contributed by atoms with E-state index in [1.807, 2.05) is 24.3 Å². The molecule has 1 saturated heterocycles. The molecule has 3 heterocycles. The number of ether oxygens (including phenoxy) is 1. The number of nitrogens with zero attached hydrogens (tertiary/aromatic N) is 2. The quantitative estimate of drug-likeness (QED) is 0.612. The number of rotatable bonds is 5. The lowest BCUT2D eigenvalue weighted by atomic mass is 9.89. The first-order valence-electron chi connectivity index (χ1n) is 10.8. The number of likely N-dealkylation sites (tertiary alicyclic amines) is 1. The smallest absolute Gasteiger partial charge is 0.408 e. The van der Waals surface area contributed by atoms with Crippen LogP contribution in [0, 0.1) is 0 Å². The fraction of sp³-hybridized carbons (Fsp3) is 0.458. The third-order valence-corrected chi connectivity index (χ3v) is 6.43. The first-order chi connectivity index (χ1) is 14.3. The zero-order valence-corrected chi connectivity index (χ0v) is 16.8. The molecule has 2 aliphatic rings. The second-order valence-electron chi connectivity index (χ2n) is 8.36. The monoisotopic (exact) mass is 392 g/mol. The normalized spacial score (nSPS) is 22.2. The highest BCUT2D eigenvalue weighted by molar-refractivity contribution is 5.72. The van der Waals surface area contributed by atoms with Crippen LogP contribution in [0.1, 0.15) is 42.7 Å². The first kappa shape index (κ1) is 18.6. The van der Waals surface area contributed by atoms with Crippen molar-refractivity contribution in [2.24, 2.45) is 0 Å². The summed E-state index contributed by atoms with van der Waals surface area (Å²) in [5, 5.41) is 0. The van der Waals surface area contributed by atoms with Gasteiger partial charge in [0.15, 0.2) is 5.58 Å². The van der Waals surface area contributed by atoms with Crippen LogP contribution in [0.3, 0.4) is 0 Å². The van der Waals surface area contributed by atoms with Crippen LogP contribution in [-0.4, -0.2) is 35.2 Å². The maximum Gasteiger partial charge on any atom is 0.419 e. The van der Waals surface area contributed by atoms with Crippen molar-refractivity contribution < 1.29 is 9.15 Å². The summed E-state index contributed by atoms with van der Waals surface area (Å²) >= 11 is 0. The summed E-state index contributed by atoms with van der Waals surface area (Å²) in [5.41, 5.74) is 4.39. The summed E-state index contributed by atoms with van der Waals surface area (Å²) < 4.78 is 13.3. The van der Waals surface area contributed by atoms with Crippen LogP contribution in [-0.2, 0) is 17.9 Å². The van der Waals surface area contributed by atoms with Gasteiger partial charge in [-0.25, -0.2) is 4.79 Å². The number of hydrogen-bond acceptors (Lipinski definition) is 4. The molecule has 2 bridgehead atoms. The summed E-state index contributed by atoms with van der Waals surface area (Å²) in [7, 11) is 0. The van der Waals surface area contributed by atoms with Gasteiger partial charge in [0.2, 0.25) is 0 Å². The lowest BCUT2D eigenvalue weighted by Crippen LogP contribution is -2.33. The van der Waals surface area contributed by atoms with E-state index in [2.05, 4.69) is 29.2 Å². The standard InChI is InChI=1S/C24H28N2O3/c27-24-26(22-9-3-4-10-23(22)29-24)14-6-5-13-25-15-18-11-12-20(16-25)28-17-19-7-1-2-8-21(18)19/h1-4,7-10,18,20H,5-6,11-17H2. The van der Waals surface area contributed by atoms with Crippen molar-refractivity contribution in [2.75, 3.05) is 19.6 Å². The number of aromatic nitrogens is 1. The van der Waals surface area contributed by atoms with Crippen LogP contribution in [0.2, 0.25) is 0 Å². The van der Waals surface area contributed by atoms with Gasteiger partial charge in [-0.1, -0.05) is 36.4 Å². The van der Waals surface area contributed by atoms with Gasteiger partial charge < -0.3 is 14.1 Å². The second kappa shape index (κ2) is 8.17. The van der Waals surface area contributed by atoms with Gasteiger partial charge in [-0.3, -0.25) is 4.57 Å². The van der Waals surface area contributed by atoms with Crippen molar-refractivity contribution in [2.45, 2.75) is 50.9 Å². The summed E-state index contributed by atoms with van der Waals surface area (Å²) in [5.74, 6) is 0.345. The predicted molar refractivity (Wildman–Crippen MR) is 113 cm³/mol. The lowest BCUT2D eigenvalue weighted by Gasteiger charge is -2.25. The molecule has 0 aliphatic carbocycles. The Bertz CT molecular complexity index is 1040. The van der Waals surface area contributed by atoms with Crippen molar-refractivity contribution in [3.63, 3.8) is 0 Å². The van der Waals surface area contributed by atoms with Crippen LogP contribution in [0.5, 0.6) is 0 Å². The number of hydrogen-bond donors (Lipinski definition) is 0. The molecule has 5 heteroatoms. The number of aryl methyl sites for hydroxylation is 1. The summed E-state index contributed by atoms with van der Waals surface area (Å²) in [4.78, 5) is 14.7. The Kier molecular flexibility index (Phi) is 5.25. The minimum absolute atomic E-state index is 0.253. The summed E-state index contributed by atoms with van der Waals surface area (Å²) in [6.45, 7) is 4.60. The Balaban J connectivity index is 1.22. The molecule has 29 heavy (non-hydrogen) atoms. The number of oxazole rings is 1. The number of para-hydroxylation sites is 2. The Morgan fingerprint density at radius 1 is 0.931 bits per heavy atom. The molecule has 0 N–H and O–H groups in total. The van der Waals surface area contributed by atoms with Gasteiger partial charge in [0, 0.05) is 19.6 Å². The van der Waals surface area contributed by atoms with Gasteiger partial charge in [0.25, 0.3) is 0 Å². The highest BCUT2D eigenvalue weighted by atomic mass is 16.5. The molecule has 0 amide bonds. The number of benzene rings is 2. The highest BCUT2D eigenvalue weighted by Crippen LogP contribution is 2.33. The number of fused-ring (bicyclic) bond motifs is 6. The van der Waals surface area contributed by atoms with Crippen LogP contribution < -0.4 is 5.76 Å². The van der Waals surface area contributed by atoms with Crippen molar-refractivity contribution >= 4 is 11.1 Å². The Morgan fingerprint density at radius 3 is 2.72 bits per heavy atom. The molecule has 1 fully saturated rings. The molecule has 0 radical (unpaired) electrons. The van der Waals surface area contributed by atoms with Crippen molar-refractivity contribution in [1.29, 1.82) is 0 Å². The fourth-order valence-electron chi connectivity index (χ4n) is 4.92. The molecule has 5 nitrogen and oxygen atoms in total. The third kappa shape index (κ3) is 3.89. The van der Waals surface area contributed by atoms with E-state index in [-0.39, 0.29) is 5.76 Å². The summed E-state index contributed by atoms with van der Waals surface area (Å²) in [6, 6.07) is 16.4. The molecule has 2 aliphatic heterocycles. The molecular formula is C24H28N2O3. The highest BCUT2D eigenvalue weighted by Gasteiger charge is 2.29. The molecule has 152 valence electrons. The van der Waals surface area contributed by atoms with Crippen LogP contribution >= 0.6 is 0 Å². The fourth-order valence-corrected chi connectivity index (χ4v) is 4.92. The zero-order valence-electron chi connectivity index (χ0n) is 16.8. The lowest BCUT2D eigenvalue weighted by molar-refractivity contribution is 0.0174. The van der Waals surface area contributed by atoms with Crippen LogP contribution in [0.15, 0.2) is 57.7 Å². The first-order valence-corrected chi connectivity index (χ1v) is 10.8. The van der Waals surface area contributed by atoms with Crippen molar-refractivity contribution in [1.82, 2.24) is 9.47 Å². The van der Waals surface area contributed by atoms with E-state index < -0.39 is 0 Å². The predicted octanol–water partition coefficient (Wildman–Crippen LogP) is 4.15. The topological polar surface area (TPSA) is 47.6 Å². The SMILES string of the molecule is O=c1oc2ccccc2n1CCCCN1CC2CCC(C1)c1ccccc1CO2. The van der Waals surface area contributed by atoms with E-state index >= 15 is 0 Å². The van der Waals surface area contributed by atoms with Crippen LogP contribution in [0.4, 0.5) is 0 Å². The average Bonchev–Trinajstić information content (AvgIpc) is 2.94. The van der Waals surface area contributed by atoms with Gasteiger partial charge >= 0.3 is 5.76 Å². The molecule has 0 spiro atoms. The molecule has 2 unspecified atom stereocenters. The van der Waals surface area contributed by atoms with E-state index in [1.54, 1.807) is 4.57 Å². The molecular weight excluding hydrogens is 364 g/mol. The second-order valence-corrected chi connectivity index (χ2v) is 8.36. The Hall–Kier alpha value is -2.37. The molecule has 2 aromatic carbocycles. The molecule has 5 rings (SSSR count). The van der Waals surface area contributed by atoms with Gasteiger partial charge in [-0.05, 0) is 61.4 Å². The Labute approximate surface area is 170 Å². The van der Waals surface area contributed by atoms with Gasteiger partial charge in [-0.15, -0.1) is 0 Å². The molecule has 3 aromatic rings.